The van der Waals surface area contributed by atoms with Gasteiger partial charge >= 0.3 is 0 Å². The molecule has 0 aromatic carbocycles. The minimum absolute atomic E-state index is 0.172. The van der Waals surface area contributed by atoms with Crippen LogP contribution in [0.15, 0.2) is 0 Å². The summed E-state index contributed by atoms with van der Waals surface area (Å²) in [4.78, 5) is 0. The van der Waals surface area contributed by atoms with Crippen LogP contribution in [0.3, 0.4) is 0 Å². The van der Waals surface area contributed by atoms with Gasteiger partial charge in [0.25, 0.3) is 0 Å². The average molecular weight is 175 g/mol. The van der Waals surface area contributed by atoms with E-state index in [2.05, 4.69) is 0 Å². The zero-order chi connectivity index (χ0) is 9.23. The molecule has 0 fully saturated rings. The van der Waals surface area contributed by atoms with Crippen LogP contribution in [0.5, 0.6) is 0 Å². The summed E-state index contributed by atoms with van der Waals surface area (Å²) in [6.07, 6.45) is 2.02. The molecule has 12 heavy (non-hydrogen) atoms. The predicted molar refractivity (Wildman–Crippen MR) is 50.2 cm³/mol. The van der Waals surface area contributed by atoms with Gasteiger partial charge in [0.15, 0.2) is 0 Å². The van der Waals surface area contributed by atoms with Crippen LogP contribution in [0.4, 0.5) is 0 Å². The van der Waals surface area contributed by atoms with Gasteiger partial charge < -0.3 is 15.2 Å². The van der Waals surface area contributed by atoms with E-state index < -0.39 is 0 Å². The van der Waals surface area contributed by atoms with Crippen LogP contribution in [-0.2, 0) is 9.47 Å². The molecule has 0 aromatic heterocycles. The van der Waals surface area contributed by atoms with Crippen molar-refractivity contribution in [3.8, 4) is 0 Å². The van der Waals surface area contributed by atoms with Gasteiger partial charge in [-0.25, -0.2) is 0 Å². The molecule has 74 valence electrons. The van der Waals surface area contributed by atoms with Crippen molar-refractivity contribution in [2.45, 2.75) is 32.7 Å². The molecule has 0 amide bonds. The van der Waals surface area contributed by atoms with Crippen LogP contribution in [0, 0.1) is 0 Å². The van der Waals surface area contributed by atoms with Crippen molar-refractivity contribution in [2.75, 3.05) is 26.4 Å². The van der Waals surface area contributed by atoms with E-state index in [1.54, 1.807) is 0 Å². The number of ether oxygens (including phenoxy) is 2. The standard InChI is InChI=1S/C9H21NO2/c1-3-11-7-5-6-9(10)8-12-4-2/h9H,3-8,10H2,1-2H3. The Morgan fingerprint density at radius 1 is 1.17 bits per heavy atom. The van der Waals surface area contributed by atoms with Crippen molar-refractivity contribution in [3.63, 3.8) is 0 Å². The van der Waals surface area contributed by atoms with Crippen molar-refractivity contribution in [1.29, 1.82) is 0 Å². The predicted octanol–water partition coefficient (Wildman–Crippen LogP) is 1.17. The van der Waals surface area contributed by atoms with E-state index in [4.69, 9.17) is 15.2 Å². The van der Waals surface area contributed by atoms with Gasteiger partial charge in [-0.3, -0.25) is 0 Å². The molecule has 0 saturated heterocycles. The summed E-state index contributed by atoms with van der Waals surface area (Å²) in [5, 5.41) is 0. The first-order valence-corrected chi connectivity index (χ1v) is 4.72. The van der Waals surface area contributed by atoms with E-state index in [1.165, 1.54) is 0 Å². The first kappa shape index (κ1) is 11.9. The van der Waals surface area contributed by atoms with Gasteiger partial charge in [0.1, 0.15) is 0 Å². The van der Waals surface area contributed by atoms with E-state index in [-0.39, 0.29) is 6.04 Å². The Labute approximate surface area is 75.2 Å². The Morgan fingerprint density at radius 3 is 2.42 bits per heavy atom. The molecular weight excluding hydrogens is 154 g/mol. The molecule has 0 aliphatic heterocycles. The molecule has 0 aromatic rings. The maximum Gasteiger partial charge on any atom is 0.0617 e. The van der Waals surface area contributed by atoms with Crippen molar-refractivity contribution >= 4 is 0 Å². The summed E-state index contributed by atoms with van der Waals surface area (Å²) in [7, 11) is 0. The summed E-state index contributed by atoms with van der Waals surface area (Å²) in [5.41, 5.74) is 5.76. The van der Waals surface area contributed by atoms with Crippen molar-refractivity contribution in [2.24, 2.45) is 5.73 Å². The topological polar surface area (TPSA) is 44.5 Å². The highest BCUT2D eigenvalue weighted by Crippen LogP contribution is 1.95. The quantitative estimate of drug-likeness (QED) is 0.563. The molecule has 1 unspecified atom stereocenters. The van der Waals surface area contributed by atoms with E-state index in [1.807, 2.05) is 13.8 Å². The van der Waals surface area contributed by atoms with Crippen molar-refractivity contribution in [1.82, 2.24) is 0 Å². The zero-order valence-corrected chi connectivity index (χ0v) is 8.21. The fraction of sp³-hybridized carbons (Fsp3) is 1.00. The van der Waals surface area contributed by atoms with Crippen LogP contribution in [0.25, 0.3) is 0 Å². The molecule has 0 aliphatic carbocycles. The molecule has 2 N–H and O–H groups in total. The van der Waals surface area contributed by atoms with Crippen LogP contribution in [0.2, 0.25) is 0 Å². The maximum absolute atomic E-state index is 5.76. The molecular formula is C9H21NO2. The molecule has 0 saturated carbocycles. The minimum Gasteiger partial charge on any atom is -0.382 e. The highest BCUT2D eigenvalue weighted by atomic mass is 16.5. The van der Waals surface area contributed by atoms with Crippen LogP contribution in [0.1, 0.15) is 26.7 Å². The number of hydrogen-bond donors (Lipinski definition) is 1. The molecule has 0 radical (unpaired) electrons. The molecule has 0 aliphatic rings. The molecule has 0 bridgehead atoms. The van der Waals surface area contributed by atoms with E-state index in [0.29, 0.717) is 6.61 Å². The second-order valence-corrected chi connectivity index (χ2v) is 2.76. The third-order valence-corrected chi connectivity index (χ3v) is 1.60. The van der Waals surface area contributed by atoms with E-state index in [0.717, 1.165) is 32.7 Å². The van der Waals surface area contributed by atoms with Crippen molar-refractivity contribution < 1.29 is 9.47 Å². The SMILES string of the molecule is CCOCCCC(N)COCC. The molecule has 0 heterocycles. The lowest BCUT2D eigenvalue weighted by Crippen LogP contribution is -2.26. The molecule has 0 rings (SSSR count). The summed E-state index contributed by atoms with van der Waals surface area (Å²) in [6, 6.07) is 0.172. The third-order valence-electron chi connectivity index (χ3n) is 1.60. The normalized spacial score (nSPS) is 13.2. The van der Waals surface area contributed by atoms with Gasteiger partial charge in [-0.05, 0) is 26.7 Å². The lowest BCUT2D eigenvalue weighted by molar-refractivity contribution is 0.117. The fourth-order valence-electron chi connectivity index (χ4n) is 0.944. The monoisotopic (exact) mass is 175 g/mol. The Bertz CT molecular complexity index is 88.6. The summed E-state index contributed by atoms with van der Waals surface area (Å²) < 4.78 is 10.4. The van der Waals surface area contributed by atoms with Gasteiger partial charge in [-0.1, -0.05) is 0 Å². The third kappa shape index (κ3) is 7.98. The van der Waals surface area contributed by atoms with E-state index >= 15 is 0 Å². The lowest BCUT2D eigenvalue weighted by atomic mass is 10.2. The van der Waals surface area contributed by atoms with Gasteiger partial charge in [0.05, 0.1) is 6.61 Å². The Morgan fingerprint density at radius 2 is 1.83 bits per heavy atom. The maximum atomic E-state index is 5.76. The van der Waals surface area contributed by atoms with Crippen LogP contribution in [-0.4, -0.2) is 32.5 Å². The summed E-state index contributed by atoms with van der Waals surface area (Å²) >= 11 is 0. The second kappa shape index (κ2) is 8.97. The van der Waals surface area contributed by atoms with Gasteiger partial charge in [-0.15, -0.1) is 0 Å². The Balaban J connectivity index is 3.02. The van der Waals surface area contributed by atoms with Crippen LogP contribution < -0.4 is 5.73 Å². The van der Waals surface area contributed by atoms with Gasteiger partial charge in [0.2, 0.25) is 0 Å². The largest absolute Gasteiger partial charge is 0.382 e. The average Bonchev–Trinajstić information content (AvgIpc) is 2.09. The fourth-order valence-corrected chi connectivity index (χ4v) is 0.944. The van der Waals surface area contributed by atoms with Crippen molar-refractivity contribution in [3.05, 3.63) is 0 Å². The first-order chi connectivity index (χ1) is 5.81. The van der Waals surface area contributed by atoms with Gasteiger partial charge in [0, 0.05) is 25.9 Å². The lowest BCUT2D eigenvalue weighted by Gasteiger charge is -2.10. The summed E-state index contributed by atoms with van der Waals surface area (Å²) in [6.45, 7) is 7.01. The molecule has 3 heteroatoms. The number of hydrogen-bond acceptors (Lipinski definition) is 3. The second-order valence-electron chi connectivity index (χ2n) is 2.76. The molecule has 3 nitrogen and oxygen atoms in total. The highest BCUT2D eigenvalue weighted by molar-refractivity contribution is 4.59. The zero-order valence-electron chi connectivity index (χ0n) is 8.21. The number of nitrogens with two attached hydrogens (primary N) is 1. The number of rotatable bonds is 8. The summed E-state index contributed by atoms with van der Waals surface area (Å²) in [5.74, 6) is 0. The van der Waals surface area contributed by atoms with Crippen LogP contribution >= 0.6 is 0 Å². The first-order valence-electron chi connectivity index (χ1n) is 4.72. The van der Waals surface area contributed by atoms with Gasteiger partial charge in [-0.2, -0.15) is 0 Å². The Hall–Kier alpha value is -0.120. The molecule has 0 spiro atoms. The highest BCUT2D eigenvalue weighted by Gasteiger charge is 2.00. The minimum atomic E-state index is 0.172. The Kier molecular flexibility index (Phi) is 8.88. The smallest absolute Gasteiger partial charge is 0.0617 e. The van der Waals surface area contributed by atoms with E-state index in [9.17, 15) is 0 Å². The molecule has 1 atom stereocenters.